The van der Waals surface area contributed by atoms with Crippen LogP contribution in [0.3, 0.4) is 0 Å². The minimum absolute atomic E-state index is 0.0158. The van der Waals surface area contributed by atoms with Gasteiger partial charge in [0.1, 0.15) is 12.1 Å². The molecule has 0 bridgehead atoms. The van der Waals surface area contributed by atoms with Crippen LogP contribution in [-0.4, -0.2) is 46.8 Å². The van der Waals surface area contributed by atoms with E-state index in [0.29, 0.717) is 12.3 Å². The Balaban J connectivity index is 2.91. The van der Waals surface area contributed by atoms with Gasteiger partial charge in [0.05, 0.1) is 5.75 Å². The van der Waals surface area contributed by atoms with E-state index >= 15 is 0 Å². The van der Waals surface area contributed by atoms with E-state index < -0.39 is 6.04 Å². The molecule has 0 saturated carbocycles. The Labute approximate surface area is 132 Å². The molecule has 1 rings (SSSR count). The van der Waals surface area contributed by atoms with Crippen LogP contribution in [0.4, 0.5) is 0 Å². The summed E-state index contributed by atoms with van der Waals surface area (Å²) in [6.45, 7) is 10.4. The molecule has 0 aromatic carbocycles. The van der Waals surface area contributed by atoms with Gasteiger partial charge in [0.2, 0.25) is 11.8 Å². The number of piperazine rings is 1. The number of carbonyl (C=O) groups is 2. The first kappa shape index (κ1) is 17.9. The summed E-state index contributed by atoms with van der Waals surface area (Å²) in [5, 5.41) is 2.90. The molecule has 0 aliphatic carbocycles. The van der Waals surface area contributed by atoms with Gasteiger partial charge >= 0.3 is 0 Å². The van der Waals surface area contributed by atoms with Crippen LogP contribution in [0.2, 0.25) is 0 Å². The van der Waals surface area contributed by atoms with Gasteiger partial charge in [-0.05, 0) is 11.3 Å². The largest absolute Gasteiger partial charge is 0.342 e. The van der Waals surface area contributed by atoms with Crippen molar-refractivity contribution < 1.29 is 9.59 Å². The SMILES string of the molecule is C#CCSCCN1C(=O)C(C(C)(C)C)NC(=O)C1C(C)C. The summed E-state index contributed by atoms with van der Waals surface area (Å²) >= 11 is 1.61. The maximum atomic E-state index is 12.8. The quantitative estimate of drug-likeness (QED) is 0.622. The van der Waals surface area contributed by atoms with Crippen molar-refractivity contribution in [2.75, 3.05) is 18.1 Å². The number of carbonyl (C=O) groups excluding carboxylic acids is 2. The fourth-order valence-electron chi connectivity index (χ4n) is 2.53. The highest BCUT2D eigenvalue weighted by Gasteiger charge is 2.45. The lowest BCUT2D eigenvalue weighted by atomic mass is 9.83. The molecule has 2 atom stereocenters. The molecular weight excluding hydrogens is 284 g/mol. The third kappa shape index (κ3) is 4.41. The summed E-state index contributed by atoms with van der Waals surface area (Å²) in [6, 6.07) is -0.847. The highest BCUT2D eigenvalue weighted by atomic mass is 32.2. The molecule has 5 heteroatoms. The summed E-state index contributed by atoms with van der Waals surface area (Å²) in [7, 11) is 0. The lowest BCUT2D eigenvalue weighted by Crippen LogP contribution is -2.68. The highest BCUT2D eigenvalue weighted by molar-refractivity contribution is 7.99. The molecule has 1 fully saturated rings. The first-order chi connectivity index (χ1) is 9.70. The first-order valence-corrected chi connectivity index (χ1v) is 8.47. The average molecular weight is 310 g/mol. The van der Waals surface area contributed by atoms with E-state index in [2.05, 4.69) is 11.2 Å². The van der Waals surface area contributed by atoms with E-state index in [0.717, 1.165) is 5.75 Å². The second-order valence-corrected chi connectivity index (χ2v) is 7.89. The Morgan fingerprint density at radius 3 is 2.48 bits per heavy atom. The smallest absolute Gasteiger partial charge is 0.246 e. The minimum atomic E-state index is -0.461. The van der Waals surface area contributed by atoms with E-state index in [9.17, 15) is 9.59 Å². The van der Waals surface area contributed by atoms with Crippen molar-refractivity contribution in [2.45, 2.75) is 46.7 Å². The number of rotatable bonds is 5. The Morgan fingerprint density at radius 1 is 1.38 bits per heavy atom. The monoisotopic (exact) mass is 310 g/mol. The van der Waals surface area contributed by atoms with Crippen LogP contribution >= 0.6 is 11.8 Å². The number of hydrogen-bond donors (Lipinski definition) is 1. The van der Waals surface area contributed by atoms with E-state index in [-0.39, 0.29) is 29.2 Å². The molecule has 1 aliphatic rings. The Morgan fingerprint density at radius 2 is 2.00 bits per heavy atom. The maximum absolute atomic E-state index is 12.8. The number of hydrogen-bond acceptors (Lipinski definition) is 3. The van der Waals surface area contributed by atoms with Gasteiger partial charge in [-0.3, -0.25) is 9.59 Å². The van der Waals surface area contributed by atoms with Gasteiger partial charge in [0.15, 0.2) is 0 Å². The second-order valence-electron chi connectivity index (χ2n) is 6.78. The van der Waals surface area contributed by atoms with Crippen LogP contribution in [0, 0.1) is 23.7 Å². The maximum Gasteiger partial charge on any atom is 0.246 e. The lowest BCUT2D eigenvalue weighted by Gasteiger charge is -2.44. The molecule has 118 valence electrons. The summed E-state index contributed by atoms with van der Waals surface area (Å²) in [5.41, 5.74) is -0.293. The van der Waals surface area contributed by atoms with Crippen LogP contribution in [-0.2, 0) is 9.59 Å². The topological polar surface area (TPSA) is 49.4 Å². The molecule has 21 heavy (non-hydrogen) atoms. The predicted molar refractivity (Wildman–Crippen MR) is 87.9 cm³/mol. The van der Waals surface area contributed by atoms with Crippen molar-refractivity contribution >= 4 is 23.6 Å². The third-order valence-corrected chi connectivity index (χ3v) is 4.42. The van der Waals surface area contributed by atoms with Crippen LogP contribution in [0.15, 0.2) is 0 Å². The van der Waals surface area contributed by atoms with E-state index in [4.69, 9.17) is 6.42 Å². The predicted octanol–water partition coefficient (Wildman–Crippen LogP) is 1.75. The summed E-state index contributed by atoms with van der Waals surface area (Å²) in [6.07, 6.45) is 5.24. The molecule has 0 aromatic heterocycles. The Kier molecular flexibility index (Phi) is 6.15. The molecule has 2 unspecified atom stereocenters. The molecule has 1 aliphatic heterocycles. The fraction of sp³-hybridized carbons (Fsp3) is 0.750. The Bertz CT molecular complexity index is 435. The molecular formula is C16H26N2O2S. The van der Waals surface area contributed by atoms with Crippen molar-refractivity contribution in [3.8, 4) is 12.3 Å². The lowest BCUT2D eigenvalue weighted by molar-refractivity contribution is -0.153. The van der Waals surface area contributed by atoms with E-state index in [1.165, 1.54) is 0 Å². The third-order valence-electron chi connectivity index (χ3n) is 3.58. The van der Waals surface area contributed by atoms with Crippen LogP contribution < -0.4 is 5.32 Å². The van der Waals surface area contributed by atoms with E-state index in [1.807, 2.05) is 34.6 Å². The van der Waals surface area contributed by atoms with Gasteiger partial charge in [0.25, 0.3) is 0 Å². The second kappa shape index (κ2) is 7.22. The zero-order valence-electron chi connectivity index (χ0n) is 13.6. The van der Waals surface area contributed by atoms with Crippen LogP contribution in [0.25, 0.3) is 0 Å². The minimum Gasteiger partial charge on any atom is -0.342 e. The molecule has 2 amide bonds. The zero-order valence-corrected chi connectivity index (χ0v) is 14.4. The number of terminal acetylenes is 1. The van der Waals surface area contributed by atoms with Gasteiger partial charge in [-0.15, -0.1) is 18.2 Å². The molecule has 1 N–H and O–H groups in total. The summed E-state index contributed by atoms with van der Waals surface area (Å²) in [5.74, 6) is 4.01. The zero-order chi connectivity index (χ0) is 16.2. The van der Waals surface area contributed by atoms with Crippen molar-refractivity contribution in [3.63, 3.8) is 0 Å². The van der Waals surface area contributed by atoms with Gasteiger partial charge in [0, 0.05) is 12.3 Å². The number of thioether (sulfide) groups is 1. The van der Waals surface area contributed by atoms with E-state index in [1.54, 1.807) is 16.7 Å². The van der Waals surface area contributed by atoms with Gasteiger partial charge in [-0.1, -0.05) is 40.5 Å². The number of nitrogens with zero attached hydrogens (tertiary/aromatic N) is 1. The Hall–Kier alpha value is -1.15. The van der Waals surface area contributed by atoms with Crippen LogP contribution in [0.5, 0.6) is 0 Å². The van der Waals surface area contributed by atoms with Gasteiger partial charge in [-0.2, -0.15) is 0 Å². The van der Waals surface area contributed by atoms with Crippen LogP contribution in [0.1, 0.15) is 34.6 Å². The number of amides is 2. The fourth-order valence-corrected chi connectivity index (χ4v) is 3.11. The molecule has 0 radical (unpaired) electrons. The average Bonchev–Trinajstić information content (AvgIpc) is 2.36. The normalized spacial score (nSPS) is 23.2. The van der Waals surface area contributed by atoms with Crippen molar-refractivity contribution in [3.05, 3.63) is 0 Å². The molecule has 1 heterocycles. The summed E-state index contributed by atoms with van der Waals surface area (Å²) < 4.78 is 0. The standard InChI is InChI=1S/C16H26N2O2S/c1-7-9-21-10-8-18-12(11(2)3)14(19)17-13(15(18)20)16(4,5)6/h1,11-13H,8-10H2,2-6H3,(H,17,19). The molecule has 0 spiro atoms. The number of nitrogens with one attached hydrogen (secondary N) is 1. The van der Waals surface area contributed by atoms with Gasteiger partial charge in [-0.25, -0.2) is 0 Å². The molecule has 0 aromatic rings. The van der Waals surface area contributed by atoms with Gasteiger partial charge < -0.3 is 10.2 Å². The van der Waals surface area contributed by atoms with Crippen molar-refractivity contribution in [2.24, 2.45) is 11.3 Å². The first-order valence-electron chi connectivity index (χ1n) is 7.32. The van der Waals surface area contributed by atoms with Crippen molar-refractivity contribution in [1.29, 1.82) is 0 Å². The highest BCUT2D eigenvalue weighted by Crippen LogP contribution is 2.27. The molecule has 4 nitrogen and oxygen atoms in total. The van der Waals surface area contributed by atoms with Crippen molar-refractivity contribution in [1.82, 2.24) is 10.2 Å². The summed E-state index contributed by atoms with van der Waals surface area (Å²) in [4.78, 5) is 26.9. The molecule has 1 saturated heterocycles.